The Kier molecular flexibility index (Phi) is 3.92. The molecule has 126 valence electrons. The predicted octanol–water partition coefficient (Wildman–Crippen LogP) is 6.27. The van der Waals surface area contributed by atoms with E-state index in [9.17, 15) is 0 Å². The van der Waals surface area contributed by atoms with E-state index < -0.39 is 0 Å². The molecule has 0 N–H and O–H groups in total. The van der Waals surface area contributed by atoms with Crippen LogP contribution in [0.15, 0.2) is 102 Å². The number of hydrogen-bond donors (Lipinski definition) is 0. The molecule has 0 aliphatic heterocycles. The van der Waals surface area contributed by atoms with Crippen molar-refractivity contribution in [3.8, 4) is 0 Å². The molecule has 5 rings (SSSR count). The molecule has 0 atom stereocenters. The second-order valence-corrected chi connectivity index (χ2v) is 7.63. The van der Waals surface area contributed by atoms with Crippen LogP contribution in [-0.2, 0) is 0 Å². The number of rotatable bonds is 4. The summed E-state index contributed by atoms with van der Waals surface area (Å²) in [5.74, 6) is 0. The van der Waals surface area contributed by atoms with E-state index in [1.807, 2.05) is 36.4 Å². The molecular formula is C20H12N2O2S2. The number of pyridine rings is 2. The van der Waals surface area contributed by atoms with Gasteiger partial charge in [-0.3, -0.25) is 0 Å². The van der Waals surface area contributed by atoms with Crippen molar-refractivity contribution in [1.82, 2.24) is 9.97 Å². The predicted molar refractivity (Wildman–Crippen MR) is 103 cm³/mol. The lowest BCUT2D eigenvalue weighted by molar-refractivity contribution is 0.474. The molecule has 0 spiro atoms. The Morgan fingerprint density at radius 1 is 0.577 bits per heavy atom. The number of furan rings is 2. The first kappa shape index (κ1) is 15.5. The minimum Gasteiger partial charge on any atom is -0.458 e. The minimum atomic E-state index is 0.819. The van der Waals surface area contributed by atoms with Crippen LogP contribution in [0.2, 0.25) is 0 Å². The van der Waals surface area contributed by atoms with Gasteiger partial charge in [-0.1, -0.05) is 24.3 Å². The molecule has 0 aliphatic carbocycles. The number of fused-ring (bicyclic) bond motifs is 3. The van der Waals surface area contributed by atoms with Crippen LogP contribution in [0, 0.1) is 0 Å². The van der Waals surface area contributed by atoms with Crippen molar-refractivity contribution in [2.45, 2.75) is 20.2 Å². The second-order valence-electron chi connectivity index (χ2n) is 5.58. The van der Waals surface area contributed by atoms with Crippen molar-refractivity contribution < 1.29 is 8.83 Å². The number of benzene rings is 1. The van der Waals surface area contributed by atoms with E-state index in [0.717, 1.165) is 42.0 Å². The van der Waals surface area contributed by atoms with Crippen LogP contribution in [-0.4, -0.2) is 9.97 Å². The number of hydrogen-bond acceptors (Lipinski definition) is 6. The van der Waals surface area contributed by atoms with E-state index in [-0.39, 0.29) is 0 Å². The molecule has 0 unspecified atom stereocenters. The van der Waals surface area contributed by atoms with Gasteiger partial charge in [-0.15, -0.1) is 0 Å². The van der Waals surface area contributed by atoms with Gasteiger partial charge in [0, 0.05) is 10.8 Å². The average Bonchev–Trinajstić information content (AvgIpc) is 3.36. The lowest BCUT2D eigenvalue weighted by Crippen LogP contribution is -1.89. The highest BCUT2D eigenvalue weighted by atomic mass is 32.2. The molecule has 4 nitrogen and oxygen atoms in total. The molecule has 5 aromatic rings. The van der Waals surface area contributed by atoms with E-state index in [2.05, 4.69) is 24.3 Å². The summed E-state index contributed by atoms with van der Waals surface area (Å²) in [7, 11) is 0. The first-order chi connectivity index (χ1) is 12.8. The standard InChI is InChI=1S/C20H12N2O2S2/c1-3-17(23-11-1)25-15-9-7-13-5-6-14-8-10-16(22-20(14)19(13)21-15)26-18-4-2-12-24-18/h1-12H. The topological polar surface area (TPSA) is 52.1 Å². The lowest BCUT2D eigenvalue weighted by Gasteiger charge is -2.06. The van der Waals surface area contributed by atoms with Gasteiger partial charge in [-0.2, -0.15) is 0 Å². The molecule has 0 aliphatic rings. The minimum absolute atomic E-state index is 0.819. The van der Waals surface area contributed by atoms with Gasteiger partial charge in [0.2, 0.25) is 0 Å². The molecular weight excluding hydrogens is 364 g/mol. The van der Waals surface area contributed by atoms with Gasteiger partial charge >= 0.3 is 0 Å². The van der Waals surface area contributed by atoms with Crippen LogP contribution in [0.5, 0.6) is 0 Å². The molecule has 4 aromatic heterocycles. The Labute approximate surface area is 157 Å². The second kappa shape index (κ2) is 6.55. The maximum atomic E-state index is 5.41. The van der Waals surface area contributed by atoms with Crippen LogP contribution in [0.3, 0.4) is 0 Å². The molecule has 0 saturated heterocycles. The van der Waals surface area contributed by atoms with Crippen LogP contribution in [0.25, 0.3) is 21.8 Å². The largest absolute Gasteiger partial charge is 0.458 e. The van der Waals surface area contributed by atoms with Gasteiger partial charge in [-0.05, 0) is 59.9 Å². The molecule has 0 amide bonds. The fourth-order valence-corrected chi connectivity index (χ4v) is 4.15. The van der Waals surface area contributed by atoms with Crippen LogP contribution >= 0.6 is 23.5 Å². The van der Waals surface area contributed by atoms with E-state index in [1.165, 1.54) is 23.5 Å². The SMILES string of the molecule is c1coc(Sc2ccc3ccc4ccc(Sc5ccco5)nc4c3n2)c1. The summed E-state index contributed by atoms with van der Waals surface area (Å²) < 4.78 is 10.8. The zero-order chi connectivity index (χ0) is 17.3. The summed E-state index contributed by atoms with van der Waals surface area (Å²) in [6.07, 6.45) is 3.33. The van der Waals surface area contributed by atoms with E-state index in [4.69, 9.17) is 18.8 Å². The first-order valence-electron chi connectivity index (χ1n) is 7.98. The number of aromatic nitrogens is 2. The quantitative estimate of drug-likeness (QED) is 0.345. The van der Waals surface area contributed by atoms with Gasteiger partial charge < -0.3 is 8.83 Å². The molecule has 0 fully saturated rings. The third kappa shape index (κ3) is 2.98. The third-order valence-corrected chi connectivity index (χ3v) is 5.61. The zero-order valence-corrected chi connectivity index (χ0v) is 15.1. The lowest BCUT2D eigenvalue weighted by atomic mass is 10.1. The van der Waals surface area contributed by atoms with E-state index in [1.54, 1.807) is 12.5 Å². The van der Waals surface area contributed by atoms with Crippen LogP contribution in [0.4, 0.5) is 0 Å². The Morgan fingerprint density at radius 3 is 1.46 bits per heavy atom. The monoisotopic (exact) mass is 376 g/mol. The van der Waals surface area contributed by atoms with Crippen LogP contribution in [0.1, 0.15) is 0 Å². The highest BCUT2D eigenvalue weighted by molar-refractivity contribution is 7.99. The molecule has 6 heteroatoms. The summed E-state index contributed by atoms with van der Waals surface area (Å²) in [4.78, 5) is 9.65. The maximum Gasteiger partial charge on any atom is 0.166 e. The van der Waals surface area contributed by atoms with Crippen molar-refractivity contribution >= 4 is 45.3 Å². The van der Waals surface area contributed by atoms with Gasteiger partial charge in [0.1, 0.15) is 10.1 Å². The highest BCUT2D eigenvalue weighted by Gasteiger charge is 2.09. The van der Waals surface area contributed by atoms with Crippen molar-refractivity contribution in [2.24, 2.45) is 0 Å². The molecule has 0 bridgehead atoms. The summed E-state index contributed by atoms with van der Waals surface area (Å²) >= 11 is 3.00. The maximum absolute atomic E-state index is 5.41. The Morgan fingerprint density at radius 2 is 1.04 bits per heavy atom. The van der Waals surface area contributed by atoms with Gasteiger partial charge in [0.15, 0.2) is 10.2 Å². The molecule has 0 radical (unpaired) electrons. The van der Waals surface area contributed by atoms with Gasteiger partial charge in [0.05, 0.1) is 23.6 Å². The molecule has 0 saturated carbocycles. The van der Waals surface area contributed by atoms with Crippen molar-refractivity contribution in [2.75, 3.05) is 0 Å². The van der Waals surface area contributed by atoms with Gasteiger partial charge in [-0.25, -0.2) is 9.97 Å². The Bertz CT molecular complexity index is 1090. The fourth-order valence-electron chi connectivity index (χ4n) is 2.69. The third-order valence-electron chi connectivity index (χ3n) is 3.87. The normalized spacial score (nSPS) is 11.4. The van der Waals surface area contributed by atoms with Crippen molar-refractivity contribution in [3.05, 3.63) is 73.2 Å². The molecule has 4 heterocycles. The van der Waals surface area contributed by atoms with Crippen molar-refractivity contribution in [1.29, 1.82) is 0 Å². The average molecular weight is 376 g/mol. The smallest absolute Gasteiger partial charge is 0.166 e. The Hall–Kier alpha value is -2.70. The van der Waals surface area contributed by atoms with E-state index in [0.29, 0.717) is 0 Å². The summed E-state index contributed by atoms with van der Waals surface area (Å²) in [5, 5.41) is 5.53. The summed E-state index contributed by atoms with van der Waals surface area (Å²) in [6.45, 7) is 0. The van der Waals surface area contributed by atoms with Crippen molar-refractivity contribution in [3.63, 3.8) is 0 Å². The summed E-state index contributed by atoms with van der Waals surface area (Å²) in [5.41, 5.74) is 1.78. The number of nitrogens with zero attached hydrogens (tertiary/aromatic N) is 2. The first-order valence-corrected chi connectivity index (χ1v) is 9.62. The van der Waals surface area contributed by atoms with Gasteiger partial charge in [0.25, 0.3) is 0 Å². The molecule has 1 aromatic carbocycles. The Balaban J connectivity index is 1.61. The molecule has 26 heavy (non-hydrogen) atoms. The van der Waals surface area contributed by atoms with Crippen LogP contribution < -0.4 is 0 Å². The zero-order valence-electron chi connectivity index (χ0n) is 13.5. The summed E-state index contributed by atoms with van der Waals surface area (Å²) in [6, 6.07) is 19.9. The highest BCUT2D eigenvalue weighted by Crippen LogP contribution is 2.32. The van der Waals surface area contributed by atoms with E-state index >= 15 is 0 Å². The fraction of sp³-hybridized carbons (Fsp3) is 0.